The van der Waals surface area contributed by atoms with E-state index in [2.05, 4.69) is 55.6 Å². The van der Waals surface area contributed by atoms with Crippen LogP contribution in [0.1, 0.15) is 37.0 Å². The van der Waals surface area contributed by atoms with Crippen LogP contribution in [0.4, 0.5) is 0 Å². The normalized spacial score (nSPS) is 12.3. The number of nitrogens with one attached hydrogen (secondary N) is 1. The maximum Gasteiger partial charge on any atom is 0.303 e. The van der Waals surface area contributed by atoms with Crippen LogP contribution >= 0.6 is 0 Å². The number of carboxylic acids is 1. The summed E-state index contributed by atoms with van der Waals surface area (Å²) >= 11 is 0. The highest BCUT2D eigenvalue weighted by Crippen LogP contribution is 2.23. The topological polar surface area (TPSA) is 103 Å². The minimum absolute atomic E-state index is 0.0239. The molecule has 0 aliphatic rings. The highest BCUT2D eigenvalue weighted by molar-refractivity contribution is 5.83. The minimum atomic E-state index is -0.919. The number of nitriles is 1. The molecule has 0 spiro atoms. The maximum absolute atomic E-state index is 10.8. The van der Waals surface area contributed by atoms with Gasteiger partial charge in [-0.05, 0) is 54.7 Å². The molecule has 6 nitrogen and oxygen atoms in total. The SMILES string of the molecule is CC(C)(Cc1ccc2ccccc2c1)NC[C@H](O)COc1cccc(CCC(=O)O)c1C#N. The van der Waals surface area contributed by atoms with Gasteiger partial charge in [-0.15, -0.1) is 0 Å². The molecule has 0 bridgehead atoms. The number of aryl methyl sites for hydroxylation is 1. The molecule has 172 valence electrons. The van der Waals surface area contributed by atoms with Gasteiger partial charge in [-0.1, -0.05) is 54.6 Å². The van der Waals surface area contributed by atoms with Gasteiger partial charge in [0.2, 0.25) is 0 Å². The van der Waals surface area contributed by atoms with Gasteiger partial charge in [-0.3, -0.25) is 4.79 Å². The number of ether oxygens (including phenoxy) is 1. The fourth-order valence-corrected chi connectivity index (χ4v) is 3.83. The number of benzene rings is 3. The molecule has 0 saturated carbocycles. The van der Waals surface area contributed by atoms with E-state index in [-0.39, 0.29) is 25.0 Å². The number of β-amino-alcohol motifs (C(OH)–C–C–N with tert-alkyl or cyclic N) is 1. The summed E-state index contributed by atoms with van der Waals surface area (Å²) in [6, 6.07) is 21.9. The molecule has 0 saturated heterocycles. The molecular weight excluding hydrogens is 416 g/mol. The van der Waals surface area contributed by atoms with Crippen LogP contribution in [0, 0.1) is 11.3 Å². The smallest absolute Gasteiger partial charge is 0.303 e. The fourth-order valence-electron chi connectivity index (χ4n) is 3.83. The Morgan fingerprint density at radius 1 is 1.12 bits per heavy atom. The lowest BCUT2D eigenvalue weighted by Crippen LogP contribution is -2.46. The molecule has 3 aromatic rings. The van der Waals surface area contributed by atoms with E-state index in [9.17, 15) is 15.2 Å². The maximum atomic E-state index is 10.8. The Labute approximate surface area is 194 Å². The Hall–Kier alpha value is -3.40. The lowest BCUT2D eigenvalue weighted by molar-refractivity contribution is -0.136. The standard InChI is InChI=1S/C27H30N2O4/c1-27(2,15-19-10-11-20-6-3-4-7-22(20)14-19)29-17-23(30)18-33-25-9-5-8-21(24(25)16-28)12-13-26(31)32/h3-11,14,23,29-30H,12-13,15,17-18H2,1-2H3,(H,31,32)/t23-/m0/s1. The van der Waals surface area contributed by atoms with Gasteiger partial charge < -0.3 is 20.3 Å². The Morgan fingerprint density at radius 2 is 1.88 bits per heavy atom. The van der Waals surface area contributed by atoms with E-state index < -0.39 is 12.1 Å². The summed E-state index contributed by atoms with van der Waals surface area (Å²) in [5.41, 5.74) is 1.92. The number of fused-ring (bicyclic) bond motifs is 1. The summed E-state index contributed by atoms with van der Waals surface area (Å²) in [6.45, 7) is 4.54. The van der Waals surface area contributed by atoms with E-state index in [4.69, 9.17) is 9.84 Å². The van der Waals surface area contributed by atoms with Crippen LogP contribution in [0.25, 0.3) is 10.8 Å². The van der Waals surface area contributed by atoms with Crippen LogP contribution in [-0.2, 0) is 17.6 Å². The van der Waals surface area contributed by atoms with Gasteiger partial charge in [0.25, 0.3) is 0 Å². The summed E-state index contributed by atoms with van der Waals surface area (Å²) in [5.74, 6) is -0.562. The Morgan fingerprint density at radius 3 is 2.61 bits per heavy atom. The minimum Gasteiger partial charge on any atom is -0.489 e. The van der Waals surface area contributed by atoms with Gasteiger partial charge >= 0.3 is 5.97 Å². The van der Waals surface area contributed by atoms with Crippen molar-refractivity contribution in [3.8, 4) is 11.8 Å². The van der Waals surface area contributed by atoms with Gasteiger partial charge in [-0.2, -0.15) is 5.26 Å². The summed E-state index contributed by atoms with van der Waals surface area (Å²) in [7, 11) is 0. The van der Waals surface area contributed by atoms with Crippen LogP contribution in [-0.4, -0.2) is 41.0 Å². The number of aliphatic hydroxyl groups is 1. The first kappa shape index (κ1) is 24.2. The highest BCUT2D eigenvalue weighted by atomic mass is 16.5. The molecule has 6 heteroatoms. The number of aliphatic hydroxyl groups excluding tert-OH is 1. The molecule has 3 aromatic carbocycles. The molecule has 0 heterocycles. The summed E-state index contributed by atoms with van der Waals surface area (Å²) in [6.07, 6.45) is 0.227. The van der Waals surface area contributed by atoms with Crippen LogP contribution < -0.4 is 10.1 Å². The number of rotatable bonds is 11. The van der Waals surface area contributed by atoms with Gasteiger partial charge in [0.1, 0.15) is 24.5 Å². The Balaban J connectivity index is 1.54. The second-order valence-corrected chi connectivity index (χ2v) is 8.88. The summed E-state index contributed by atoms with van der Waals surface area (Å²) in [4.78, 5) is 10.8. The van der Waals surface area contributed by atoms with Crippen molar-refractivity contribution in [3.63, 3.8) is 0 Å². The van der Waals surface area contributed by atoms with Gasteiger partial charge in [-0.25, -0.2) is 0 Å². The first-order valence-electron chi connectivity index (χ1n) is 11.0. The zero-order valence-electron chi connectivity index (χ0n) is 19.0. The first-order chi connectivity index (χ1) is 15.8. The Kier molecular flexibility index (Phi) is 8.05. The monoisotopic (exact) mass is 446 g/mol. The zero-order chi connectivity index (χ0) is 23.8. The molecule has 0 amide bonds. The van der Waals surface area contributed by atoms with E-state index in [1.165, 1.54) is 16.3 Å². The van der Waals surface area contributed by atoms with Gasteiger partial charge in [0.05, 0.1) is 5.56 Å². The van der Waals surface area contributed by atoms with E-state index in [1.54, 1.807) is 18.2 Å². The van der Waals surface area contributed by atoms with Crippen LogP contribution in [0.2, 0.25) is 0 Å². The van der Waals surface area contributed by atoms with Gasteiger partial charge in [0.15, 0.2) is 0 Å². The third-order valence-electron chi connectivity index (χ3n) is 5.54. The molecule has 3 rings (SSSR count). The predicted octanol–water partition coefficient (Wildman–Crippen LogP) is 4.08. The average Bonchev–Trinajstić information content (AvgIpc) is 2.79. The second kappa shape index (κ2) is 11.0. The van der Waals surface area contributed by atoms with Crippen molar-refractivity contribution in [2.45, 2.75) is 44.8 Å². The fraction of sp³-hybridized carbons (Fsp3) is 0.333. The van der Waals surface area contributed by atoms with Crippen LogP contribution in [0.3, 0.4) is 0 Å². The third-order valence-corrected chi connectivity index (χ3v) is 5.54. The Bertz CT molecular complexity index is 1150. The zero-order valence-corrected chi connectivity index (χ0v) is 19.0. The van der Waals surface area contributed by atoms with E-state index in [1.807, 2.05) is 12.1 Å². The molecule has 0 radical (unpaired) electrons. The second-order valence-electron chi connectivity index (χ2n) is 8.88. The van der Waals surface area contributed by atoms with Crippen LogP contribution in [0.5, 0.6) is 5.75 Å². The van der Waals surface area contributed by atoms with Crippen molar-refractivity contribution in [2.75, 3.05) is 13.2 Å². The molecule has 33 heavy (non-hydrogen) atoms. The average molecular weight is 447 g/mol. The molecule has 0 fully saturated rings. The van der Waals surface area contributed by atoms with Gasteiger partial charge in [0, 0.05) is 18.5 Å². The van der Waals surface area contributed by atoms with E-state index in [0.29, 0.717) is 23.4 Å². The van der Waals surface area contributed by atoms with Crippen molar-refractivity contribution in [1.29, 1.82) is 5.26 Å². The third kappa shape index (κ3) is 7.04. The van der Waals surface area contributed by atoms with E-state index >= 15 is 0 Å². The number of carboxylic acid groups (broad SMARTS) is 1. The summed E-state index contributed by atoms with van der Waals surface area (Å²) < 4.78 is 5.71. The molecular formula is C27H30N2O4. The van der Waals surface area contributed by atoms with Crippen molar-refractivity contribution < 1.29 is 19.7 Å². The number of carbonyl (C=O) groups is 1. The molecule has 0 aromatic heterocycles. The van der Waals surface area contributed by atoms with Crippen molar-refractivity contribution in [1.82, 2.24) is 5.32 Å². The van der Waals surface area contributed by atoms with Crippen molar-refractivity contribution in [3.05, 3.63) is 77.4 Å². The molecule has 0 unspecified atom stereocenters. The van der Waals surface area contributed by atoms with E-state index in [0.717, 1.165) is 6.42 Å². The number of aliphatic carboxylic acids is 1. The lowest BCUT2D eigenvalue weighted by Gasteiger charge is -2.28. The number of nitrogens with zero attached hydrogens (tertiary/aromatic N) is 1. The summed E-state index contributed by atoms with van der Waals surface area (Å²) in [5, 5.41) is 34.7. The molecule has 3 N–H and O–H groups in total. The lowest BCUT2D eigenvalue weighted by atomic mass is 9.93. The predicted molar refractivity (Wildman–Crippen MR) is 128 cm³/mol. The molecule has 1 atom stereocenters. The van der Waals surface area contributed by atoms with Crippen molar-refractivity contribution >= 4 is 16.7 Å². The highest BCUT2D eigenvalue weighted by Gasteiger charge is 2.20. The first-order valence-corrected chi connectivity index (χ1v) is 11.0. The number of hydrogen-bond donors (Lipinski definition) is 3. The largest absolute Gasteiger partial charge is 0.489 e. The number of hydrogen-bond acceptors (Lipinski definition) is 5. The quantitative estimate of drug-likeness (QED) is 0.410. The molecule has 0 aliphatic carbocycles. The van der Waals surface area contributed by atoms with Crippen LogP contribution in [0.15, 0.2) is 60.7 Å². The van der Waals surface area contributed by atoms with Crippen molar-refractivity contribution in [2.24, 2.45) is 0 Å². The molecule has 0 aliphatic heterocycles.